The highest BCUT2D eigenvalue weighted by atomic mass is 16.3. The summed E-state index contributed by atoms with van der Waals surface area (Å²) in [5.74, 6) is -1.48. The lowest BCUT2D eigenvalue weighted by molar-refractivity contribution is -0.136. The molecule has 0 fully saturated rings. The Bertz CT molecular complexity index is 784. The Morgan fingerprint density at radius 3 is 2.12 bits per heavy atom. The first-order valence-electron chi connectivity index (χ1n) is 8.31. The second kappa shape index (κ2) is 6.69. The normalized spacial score (nSPS) is 14.7. The molecule has 0 spiro atoms. The van der Waals surface area contributed by atoms with Crippen LogP contribution in [0, 0.1) is 13.8 Å². The third kappa shape index (κ3) is 4.06. The van der Waals surface area contributed by atoms with Crippen LogP contribution in [0.2, 0.25) is 0 Å². The highest BCUT2D eigenvalue weighted by Crippen LogP contribution is 2.29. The van der Waals surface area contributed by atoms with E-state index in [1.807, 2.05) is 44.2 Å². The number of anilines is 1. The molecule has 3 rings (SSSR count). The SMILES string of the molecule is Cc1cc(C)cc(NC(=O)C(=O)NCC2(O)Cc3ccccc3C2)c1. The molecule has 2 aromatic carbocycles. The molecule has 0 aromatic heterocycles. The van der Waals surface area contributed by atoms with Crippen LogP contribution in [-0.2, 0) is 22.4 Å². The predicted octanol–water partition coefficient (Wildman–Crippen LogP) is 1.89. The Labute approximate surface area is 147 Å². The van der Waals surface area contributed by atoms with Crippen molar-refractivity contribution in [2.24, 2.45) is 0 Å². The van der Waals surface area contributed by atoms with E-state index in [9.17, 15) is 14.7 Å². The van der Waals surface area contributed by atoms with Gasteiger partial charge in [-0.15, -0.1) is 0 Å². The van der Waals surface area contributed by atoms with E-state index in [0.717, 1.165) is 22.3 Å². The Morgan fingerprint density at radius 2 is 1.56 bits per heavy atom. The van der Waals surface area contributed by atoms with Gasteiger partial charge >= 0.3 is 11.8 Å². The standard InChI is InChI=1S/C20H22N2O3/c1-13-7-14(2)9-17(8-13)22-19(24)18(23)21-12-20(25)10-15-5-3-4-6-16(15)11-20/h3-9,25H,10-12H2,1-2H3,(H,21,23)(H,22,24). The molecule has 2 amide bonds. The van der Waals surface area contributed by atoms with Gasteiger partial charge in [-0.1, -0.05) is 30.3 Å². The lowest BCUT2D eigenvalue weighted by atomic mass is 10.0. The smallest absolute Gasteiger partial charge is 0.313 e. The van der Waals surface area contributed by atoms with Crippen molar-refractivity contribution >= 4 is 17.5 Å². The van der Waals surface area contributed by atoms with Crippen molar-refractivity contribution in [3.8, 4) is 0 Å². The van der Waals surface area contributed by atoms with Gasteiger partial charge in [-0.05, 0) is 48.2 Å². The molecule has 0 heterocycles. The molecule has 5 nitrogen and oxygen atoms in total. The number of aliphatic hydroxyl groups is 1. The minimum Gasteiger partial charge on any atom is -0.387 e. The van der Waals surface area contributed by atoms with Crippen LogP contribution < -0.4 is 10.6 Å². The second-order valence-electron chi connectivity index (χ2n) is 6.86. The number of carbonyl (C=O) groups excluding carboxylic acids is 2. The van der Waals surface area contributed by atoms with Gasteiger partial charge in [0.1, 0.15) is 0 Å². The molecule has 0 aliphatic heterocycles. The summed E-state index contributed by atoms with van der Waals surface area (Å²) in [4.78, 5) is 24.1. The molecule has 0 radical (unpaired) electrons. The fourth-order valence-electron chi connectivity index (χ4n) is 3.36. The average Bonchev–Trinajstić information content (AvgIpc) is 2.88. The van der Waals surface area contributed by atoms with Crippen molar-refractivity contribution in [3.05, 3.63) is 64.7 Å². The van der Waals surface area contributed by atoms with Crippen LogP contribution in [0.1, 0.15) is 22.3 Å². The van der Waals surface area contributed by atoms with Crippen LogP contribution in [0.5, 0.6) is 0 Å². The van der Waals surface area contributed by atoms with E-state index in [1.165, 1.54) is 0 Å². The Morgan fingerprint density at radius 1 is 1.00 bits per heavy atom. The fourth-order valence-corrected chi connectivity index (χ4v) is 3.36. The third-order valence-corrected chi connectivity index (χ3v) is 4.42. The van der Waals surface area contributed by atoms with Gasteiger partial charge in [0.05, 0.1) is 5.60 Å². The fraction of sp³-hybridized carbons (Fsp3) is 0.300. The second-order valence-corrected chi connectivity index (χ2v) is 6.86. The van der Waals surface area contributed by atoms with Gasteiger partial charge in [-0.3, -0.25) is 9.59 Å². The van der Waals surface area contributed by atoms with Gasteiger partial charge in [0.25, 0.3) is 0 Å². The lowest BCUT2D eigenvalue weighted by Gasteiger charge is -2.22. The zero-order valence-corrected chi connectivity index (χ0v) is 14.4. The molecule has 0 bridgehead atoms. The first-order chi connectivity index (χ1) is 11.8. The molecule has 1 aliphatic carbocycles. The van der Waals surface area contributed by atoms with Gasteiger partial charge in [0, 0.05) is 25.1 Å². The molecule has 0 atom stereocenters. The maximum Gasteiger partial charge on any atom is 0.313 e. The van der Waals surface area contributed by atoms with E-state index in [1.54, 1.807) is 12.1 Å². The van der Waals surface area contributed by atoms with Gasteiger partial charge in [-0.25, -0.2) is 0 Å². The number of fused-ring (bicyclic) bond motifs is 1. The maximum absolute atomic E-state index is 12.1. The van der Waals surface area contributed by atoms with E-state index in [4.69, 9.17) is 0 Å². The minimum atomic E-state index is -1.04. The van der Waals surface area contributed by atoms with Crippen molar-refractivity contribution in [2.45, 2.75) is 32.3 Å². The molecule has 3 N–H and O–H groups in total. The number of aryl methyl sites for hydroxylation is 2. The minimum absolute atomic E-state index is 0.0424. The summed E-state index contributed by atoms with van der Waals surface area (Å²) in [5, 5.41) is 15.8. The molecule has 25 heavy (non-hydrogen) atoms. The van der Waals surface area contributed by atoms with E-state index in [-0.39, 0.29) is 6.54 Å². The van der Waals surface area contributed by atoms with Gasteiger partial charge in [-0.2, -0.15) is 0 Å². The number of amides is 2. The summed E-state index contributed by atoms with van der Waals surface area (Å²) in [6, 6.07) is 13.4. The summed E-state index contributed by atoms with van der Waals surface area (Å²) in [6.07, 6.45) is 0.949. The van der Waals surface area contributed by atoms with Crippen molar-refractivity contribution in [1.82, 2.24) is 5.32 Å². The largest absolute Gasteiger partial charge is 0.387 e. The van der Waals surface area contributed by atoms with Crippen LogP contribution in [0.25, 0.3) is 0 Å². The average molecular weight is 338 g/mol. The van der Waals surface area contributed by atoms with Crippen LogP contribution in [0.4, 0.5) is 5.69 Å². The number of hydrogen-bond donors (Lipinski definition) is 3. The van der Waals surface area contributed by atoms with Crippen molar-refractivity contribution in [3.63, 3.8) is 0 Å². The monoisotopic (exact) mass is 338 g/mol. The first kappa shape index (κ1) is 17.2. The van der Waals surface area contributed by atoms with Crippen molar-refractivity contribution in [2.75, 3.05) is 11.9 Å². The van der Waals surface area contributed by atoms with Crippen molar-refractivity contribution in [1.29, 1.82) is 0 Å². The highest BCUT2D eigenvalue weighted by molar-refractivity contribution is 6.39. The first-order valence-corrected chi connectivity index (χ1v) is 8.31. The molecule has 0 saturated heterocycles. The molecule has 0 saturated carbocycles. The summed E-state index contributed by atoms with van der Waals surface area (Å²) in [6.45, 7) is 3.90. The summed E-state index contributed by atoms with van der Waals surface area (Å²) < 4.78 is 0. The summed E-state index contributed by atoms with van der Waals surface area (Å²) in [7, 11) is 0. The molecule has 130 valence electrons. The molecular formula is C20H22N2O3. The highest BCUT2D eigenvalue weighted by Gasteiger charge is 2.35. The number of rotatable bonds is 3. The number of benzene rings is 2. The summed E-state index contributed by atoms with van der Waals surface area (Å²) in [5.41, 5.74) is 3.73. The van der Waals surface area contributed by atoms with Gasteiger partial charge in [0.2, 0.25) is 0 Å². The Kier molecular flexibility index (Phi) is 4.59. The topological polar surface area (TPSA) is 78.4 Å². The van der Waals surface area contributed by atoms with Crippen LogP contribution >= 0.6 is 0 Å². The molecule has 2 aromatic rings. The van der Waals surface area contributed by atoms with Crippen LogP contribution in [0.3, 0.4) is 0 Å². The summed E-state index contributed by atoms with van der Waals surface area (Å²) >= 11 is 0. The third-order valence-electron chi connectivity index (χ3n) is 4.42. The maximum atomic E-state index is 12.1. The zero-order valence-electron chi connectivity index (χ0n) is 14.4. The Balaban J connectivity index is 1.57. The Hall–Kier alpha value is -2.66. The van der Waals surface area contributed by atoms with Crippen LogP contribution in [-0.4, -0.2) is 29.1 Å². The van der Waals surface area contributed by atoms with E-state index in [2.05, 4.69) is 10.6 Å². The predicted molar refractivity (Wildman–Crippen MR) is 96.4 cm³/mol. The quantitative estimate of drug-likeness (QED) is 0.748. The van der Waals surface area contributed by atoms with E-state index in [0.29, 0.717) is 18.5 Å². The van der Waals surface area contributed by atoms with Gasteiger partial charge in [0.15, 0.2) is 0 Å². The number of nitrogens with one attached hydrogen (secondary N) is 2. The number of hydrogen-bond acceptors (Lipinski definition) is 3. The van der Waals surface area contributed by atoms with Crippen LogP contribution in [0.15, 0.2) is 42.5 Å². The van der Waals surface area contributed by atoms with E-state index < -0.39 is 17.4 Å². The van der Waals surface area contributed by atoms with Gasteiger partial charge < -0.3 is 15.7 Å². The molecular weight excluding hydrogens is 316 g/mol. The zero-order chi connectivity index (χ0) is 18.0. The lowest BCUT2D eigenvalue weighted by Crippen LogP contribution is -2.46. The molecule has 1 aliphatic rings. The molecule has 5 heteroatoms. The van der Waals surface area contributed by atoms with Crippen molar-refractivity contribution < 1.29 is 14.7 Å². The molecule has 0 unspecified atom stereocenters. The number of carbonyl (C=O) groups is 2. The van der Waals surface area contributed by atoms with E-state index >= 15 is 0 Å².